The van der Waals surface area contributed by atoms with Gasteiger partial charge >= 0.3 is 5.97 Å². The minimum absolute atomic E-state index is 0.322. The van der Waals surface area contributed by atoms with Gasteiger partial charge in [-0.2, -0.15) is 11.8 Å². The van der Waals surface area contributed by atoms with Crippen LogP contribution in [0.3, 0.4) is 0 Å². The minimum atomic E-state index is -0.888. The van der Waals surface area contributed by atoms with E-state index in [2.05, 4.69) is 36.7 Å². The average Bonchev–Trinajstić information content (AvgIpc) is 2.26. The van der Waals surface area contributed by atoms with E-state index in [1.807, 2.05) is 17.8 Å². The lowest BCUT2D eigenvalue weighted by molar-refractivity contribution is 0.0697. The maximum Gasteiger partial charge on any atom is 0.335 e. The summed E-state index contributed by atoms with van der Waals surface area (Å²) in [6.07, 6.45) is 0. The first kappa shape index (κ1) is 14.6. The first-order valence-electron chi connectivity index (χ1n) is 5.55. The predicted octanol–water partition coefficient (Wildman–Crippen LogP) is 4.43. The molecule has 0 heterocycles. The van der Waals surface area contributed by atoms with E-state index in [1.54, 1.807) is 12.1 Å². The fraction of sp³-hybridized carbons (Fsp3) is 0.462. The molecule has 0 bridgehead atoms. The van der Waals surface area contributed by atoms with Gasteiger partial charge in [-0.25, -0.2) is 4.79 Å². The molecule has 1 atom stereocenters. The Labute approximate surface area is 115 Å². The Kier molecular flexibility index (Phi) is 5.53. The number of carboxylic acids is 1. The molecular weight excluding hydrogens is 300 g/mol. The number of carboxylic acid groups (broad SMARTS) is 1. The number of halogens is 1. The zero-order valence-electron chi connectivity index (χ0n) is 10.2. The van der Waals surface area contributed by atoms with Crippen LogP contribution in [0.25, 0.3) is 0 Å². The number of carbonyl (C=O) groups is 1. The smallest absolute Gasteiger partial charge is 0.335 e. The van der Waals surface area contributed by atoms with Crippen molar-refractivity contribution in [2.75, 3.05) is 0 Å². The van der Waals surface area contributed by atoms with Gasteiger partial charge in [-0.05, 0) is 23.6 Å². The third kappa shape index (κ3) is 4.36. The maximum atomic E-state index is 10.8. The van der Waals surface area contributed by atoms with Crippen molar-refractivity contribution in [1.82, 2.24) is 0 Å². The van der Waals surface area contributed by atoms with Gasteiger partial charge in [0.05, 0.1) is 5.56 Å². The van der Waals surface area contributed by atoms with E-state index in [0.717, 1.165) is 15.8 Å². The molecule has 0 aliphatic heterocycles. The Bertz CT molecular complexity index is 404. The van der Waals surface area contributed by atoms with Gasteiger partial charge < -0.3 is 5.11 Å². The maximum absolute atomic E-state index is 10.8. The summed E-state index contributed by atoms with van der Waals surface area (Å²) in [4.78, 5) is 10.8. The van der Waals surface area contributed by atoms with E-state index in [-0.39, 0.29) is 0 Å². The molecule has 2 nitrogen and oxygen atoms in total. The molecule has 1 aromatic carbocycles. The number of benzene rings is 1. The lowest BCUT2D eigenvalue weighted by atomic mass is 10.1. The van der Waals surface area contributed by atoms with Crippen LogP contribution < -0.4 is 0 Å². The SMILES string of the molecule is CC(C)C(C)SCc1ccc(C(=O)O)cc1Br. The second-order valence-corrected chi connectivity index (χ2v) is 6.59. The number of thioether (sulfide) groups is 1. The number of rotatable bonds is 5. The zero-order valence-corrected chi connectivity index (χ0v) is 12.6. The summed E-state index contributed by atoms with van der Waals surface area (Å²) < 4.78 is 0.876. The van der Waals surface area contributed by atoms with Crippen molar-refractivity contribution in [2.45, 2.75) is 31.8 Å². The van der Waals surface area contributed by atoms with Crippen molar-refractivity contribution >= 4 is 33.7 Å². The van der Waals surface area contributed by atoms with E-state index in [9.17, 15) is 4.79 Å². The molecule has 1 rings (SSSR count). The van der Waals surface area contributed by atoms with Gasteiger partial charge in [-0.3, -0.25) is 0 Å². The third-order valence-corrected chi connectivity index (χ3v) is 5.03. The van der Waals surface area contributed by atoms with Crippen LogP contribution >= 0.6 is 27.7 Å². The van der Waals surface area contributed by atoms with Crippen LogP contribution in [0.15, 0.2) is 22.7 Å². The molecule has 0 spiro atoms. The van der Waals surface area contributed by atoms with Crippen LogP contribution in [0.4, 0.5) is 0 Å². The van der Waals surface area contributed by atoms with Crippen molar-refractivity contribution in [3.63, 3.8) is 0 Å². The molecule has 0 aliphatic rings. The van der Waals surface area contributed by atoms with Crippen LogP contribution in [-0.2, 0) is 5.75 Å². The lowest BCUT2D eigenvalue weighted by Crippen LogP contribution is -2.06. The van der Waals surface area contributed by atoms with Gasteiger partial charge in [0.2, 0.25) is 0 Å². The Hall–Kier alpha value is -0.480. The lowest BCUT2D eigenvalue weighted by Gasteiger charge is -2.15. The molecule has 0 fully saturated rings. The molecule has 0 radical (unpaired) electrons. The molecule has 0 aliphatic carbocycles. The second kappa shape index (κ2) is 6.45. The van der Waals surface area contributed by atoms with Crippen LogP contribution in [-0.4, -0.2) is 16.3 Å². The van der Waals surface area contributed by atoms with Gasteiger partial charge in [-0.1, -0.05) is 42.8 Å². The van der Waals surface area contributed by atoms with Crippen molar-refractivity contribution in [1.29, 1.82) is 0 Å². The van der Waals surface area contributed by atoms with E-state index in [1.165, 1.54) is 0 Å². The summed E-state index contributed by atoms with van der Waals surface area (Å²) in [6, 6.07) is 5.20. The van der Waals surface area contributed by atoms with Crippen LogP contribution in [0, 0.1) is 5.92 Å². The summed E-state index contributed by atoms with van der Waals surface area (Å²) in [6.45, 7) is 6.63. The highest BCUT2D eigenvalue weighted by atomic mass is 79.9. The number of hydrogen-bond acceptors (Lipinski definition) is 2. The van der Waals surface area contributed by atoms with E-state index >= 15 is 0 Å². The van der Waals surface area contributed by atoms with Gasteiger partial charge in [0.1, 0.15) is 0 Å². The van der Waals surface area contributed by atoms with Crippen LogP contribution in [0.5, 0.6) is 0 Å². The normalized spacial score (nSPS) is 12.8. The van der Waals surface area contributed by atoms with Crippen LogP contribution in [0.1, 0.15) is 36.7 Å². The van der Waals surface area contributed by atoms with E-state index in [4.69, 9.17) is 5.11 Å². The fourth-order valence-electron chi connectivity index (χ4n) is 1.21. The largest absolute Gasteiger partial charge is 0.478 e. The second-order valence-electron chi connectivity index (χ2n) is 4.37. The minimum Gasteiger partial charge on any atom is -0.478 e. The van der Waals surface area contributed by atoms with E-state index in [0.29, 0.717) is 16.7 Å². The molecule has 0 saturated carbocycles. The molecule has 0 amide bonds. The standard InChI is InChI=1S/C13H17BrO2S/c1-8(2)9(3)17-7-11-5-4-10(13(15)16)6-12(11)14/h4-6,8-9H,7H2,1-3H3,(H,15,16). The summed E-state index contributed by atoms with van der Waals surface area (Å²) in [5.74, 6) is 0.664. The third-order valence-electron chi connectivity index (χ3n) is 2.74. The highest BCUT2D eigenvalue weighted by molar-refractivity contribution is 9.10. The molecule has 0 aromatic heterocycles. The quantitative estimate of drug-likeness (QED) is 0.873. The summed E-state index contributed by atoms with van der Waals surface area (Å²) in [5.41, 5.74) is 1.47. The summed E-state index contributed by atoms with van der Waals surface area (Å²) >= 11 is 5.31. The number of aromatic carboxylic acids is 1. The topological polar surface area (TPSA) is 37.3 Å². The number of hydrogen-bond donors (Lipinski definition) is 1. The van der Waals surface area contributed by atoms with Crippen LogP contribution in [0.2, 0.25) is 0 Å². The Balaban J connectivity index is 2.70. The van der Waals surface area contributed by atoms with Gasteiger partial charge in [0.15, 0.2) is 0 Å². The fourth-order valence-corrected chi connectivity index (χ4v) is 2.99. The predicted molar refractivity (Wildman–Crippen MR) is 76.7 cm³/mol. The van der Waals surface area contributed by atoms with Gasteiger partial charge in [-0.15, -0.1) is 0 Å². The van der Waals surface area contributed by atoms with Crippen molar-refractivity contribution in [3.05, 3.63) is 33.8 Å². The highest BCUT2D eigenvalue weighted by Gasteiger charge is 2.10. The van der Waals surface area contributed by atoms with E-state index < -0.39 is 5.97 Å². The molecule has 0 saturated heterocycles. The zero-order chi connectivity index (χ0) is 13.0. The van der Waals surface area contributed by atoms with Crippen molar-refractivity contribution in [3.8, 4) is 0 Å². The van der Waals surface area contributed by atoms with Gasteiger partial charge in [0, 0.05) is 15.5 Å². The molecule has 17 heavy (non-hydrogen) atoms. The summed E-state index contributed by atoms with van der Waals surface area (Å²) in [5, 5.41) is 9.46. The monoisotopic (exact) mass is 316 g/mol. The molecule has 1 N–H and O–H groups in total. The van der Waals surface area contributed by atoms with Crippen molar-refractivity contribution < 1.29 is 9.90 Å². The Morgan fingerprint density at radius 2 is 2.06 bits per heavy atom. The Morgan fingerprint density at radius 1 is 1.41 bits per heavy atom. The molecule has 4 heteroatoms. The first-order chi connectivity index (χ1) is 7.91. The highest BCUT2D eigenvalue weighted by Crippen LogP contribution is 2.27. The molecule has 94 valence electrons. The van der Waals surface area contributed by atoms with Crippen molar-refractivity contribution in [2.24, 2.45) is 5.92 Å². The molecular formula is C13H17BrO2S. The average molecular weight is 317 g/mol. The first-order valence-corrected chi connectivity index (χ1v) is 7.39. The summed E-state index contributed by atoms with van der Waals surface area (Å²) in [7, 11) is 0. The molecule has 1 aromatic rings. The van der Waals surface area contributed by atoms with Gasteiger partial charge in [0.25, 0.3) is 0 Å². The Morgan fingerprint density at radius 3 is 2.53 bits per heavy atom. The molecule has 1 unspecified atom stereocenters.